The van der Waals surface area contributed by atoms with Gasteiger partial charge in [-0.25, -0.2) is 19.6 Å². The molecule has 8 heteroatoms. The van der Waals surface area contributed by atoms with Gasteiger partial charge < -0.3 is 9.47 Å². The molecule has 2 aromatic rings. The summed E-state index contributed by atoms with van der Waals surface area (Å²) in [4.78, 5) is 32.7. The predicted octanol–water partition coefficient (Wildman–Crippen LogP) is 3.29. The minimum atomic E-state index is -0.398. The molecule has 0 aliphatic carbocycles. The number of ether oxygens (including phenoxy) is 2. The van der Waals surface area contributed by atoms with Crippen molar-refractivity contribution >= 4 is 34.6 Å². The molecule has 0 aliphatic rings. The van der Waals surface area contributed by atoms with Crippen molar-refractivity contribution in [2.75, 3.05) is 13.2 Å². The smallest absolute Gasteiger partial charge is 0.350 e. The molecular formula is C16H18N2O4S2. The third-order valence-corrected chi connectivity index (χ3v) is 5.15. The summed E-state index contributed by atoms with van der Waals surface area (Å²) >= 11 is 2.66. The average molecular weight is 366 g/mol. The minimum Gasteiger partial charge on any atom is -0.457 e. The molecule has 6 nitrogen and oxygen atoms in total. The van der Waals surface area contributed by atoms with Gasteiger partial charge in [0.05, 0.1) is 22.4 Å². The number of aryl methyl sites for hydroxylation is 2. The Hall–Kier alpha value is -2.06. The van der Waals surface area contributed by atoms with Crippen LogP contribution in [0.2, 0.25) is 0 Å². The molecule has 2 aromatic heterocycles. The molecule has 0 spiro atoms. The van der Waals surface area contributed by atoms with Gasteiger partial charge in [0.25, 0.3) is 0 Å². The maximum absolute atomic E-state index is 11.8. The van der Waals surface area contributed by atoms with Crippen LogP contribution in [0.25, 0.3) is 0 Å². The van der Waals surface area contributed by atoms with E-state index in [1.807, 2.05) is 13.8 Å². The Kier molecular flexibility index (Phi) is 7.07. The Morgan fingerprint density at radius 1 is 0.917 bits per heavy atom. The summed E-state index contributed by atoms with van der Waals surface area (Å²) in [6.45, 7) is 4.20. The van der Waals surface area contributed by atoms with Crippen molar-refractivity contribution in [1.82, 2.24) is 9.97 Å². The van der Waals surface area contributed by atoms with E-state index in [9.17, 15) is 9.59 Å². The maximum atomic E-state index is 11.8. The van der Waals surface area contributed by atoms with Crippen LogP contribution < -0.4 is 0 Å². The Bertz CT molecular complexity index is 661. The van der Waals surface area contributed by atoms with Gasteiger partial charge in [-0.05, 0) is 25.0 Å². The Balaban J connectivity index is 1.67. The highest BCUT2D eigenvalue weighted by molar-refractivity contribution is 7.13. The molecule has 0 fully saturated rings. The minimum absolute atomic E-state index is 0.121. The van der Waals surface area contributed by atoms with E-state index in [1.165, 1.54) is 35.1 Å². The molecule has 0 radical (unpaired) electrons. The fourth-order valence-corrected chi connectivity index (χ4v) is 3.16. The molecule has 0 bridgehead atoms. The zero-order valence-electron chi connectivity index (χ0n) is 13.5. The molecule has 0 saturated carbocycles. The van der Waals surface area contributed by atoms with E-state index in [-0.39, 0.29) is 13.2 Å². The van der Waals surface area contributed by atoms with Gasteiger partial charge in [0, 0.05) is 0 Å². The molecule has 0 amide bonds. The first-order chi connectivity index (χ1) is 11.6. The number of hydrogen-bond acceptors (Lipinski definition) is 8. The van der Waals surface area contributed by atoms with Gasteiger partial charge in [-0.1, -0.05) is 13.8 Å². The van der Waals surface area contributed by atoms with E-state index in [1.54, 1.807) is 12.2 Å². The second-order valence-corrected chi connectivity index (χ2v) is 6.84. The van der Waals surface area contributed by atoms with E-state index in [0.717, 1.165) is 22.9 Å². The number of hydrogen-bond donors (Lipinski definition) is 0. The Labute approximate surface area is 148 Å². The third kappa shape index (κ3) is 5.24. The molecule has 2 heterocycles. The van der Waals surface area contributed by atoms with Crippen LogP contribution in [-0.4, -0.2) is 35.1 Å². The van der Waals surface area contributed by atoms with Gasteiger partial charge in [-0.15, -0.1) is 22.7 Å². The molecule has 0 saturated heterocycles. The third-order valence-electron chi connectivity index (χ3n) is 2.90. The molecule has 0 aliphatic heterocycles. The summed E-state index contributed by atoms with van der Waals surface area (Å²) in [6.07, 6.45) is 7.91. The number of carbonyl (C=O) groups excluding carboxylic acids is 2. The lowest BCUT2D eigenvalue weighted by Crippen LogP contribution is -2.04. The van der Waals surface area contributed by atoms with Gasteiger partial charge in [0.2, 0.25) is 0 Å². The lowest BCUT2D eigenvalue weighted by atomic mass is 10.5. The zero-order chi connectivity index (χ0) is 17.4. The topological polar surface area (TPSA) is 78.4 Å². The van der Waals surface area contributed by atoms with Gasteiger partial charge in [0.15, 0.2) is 0 Å². The van der Waals surface area contributed by atoms with E-state index in [4.69, 9.17) is 9.47 Å². The van der Waals surface area contributed by atoms with Crippen molar-refractivity contribution in [3.05, 3.63) is 44.3 Å². The molecule has 24 heavy (non-hydrogen) atoms. The van der Waals surface area contributed by atoms with Crippen molar-refractivity contribution in [3.63, 3.8) is 0 Å². The van der Waals surface area contributed by atoms with Crippen LogP contribution in [0.1, 0.15) is 43.2 Å². The lowest BCUT2D eigenvalue weighted by molar-refractivity contribution is 0.0532. The highest BCUT2D eigenvalue weighted by Gasteiger charge is 2.11. The molecular weight excluding hydrogens is 348 g/mol. The fraction of sp³-hybridized carbons (Fsp3) is 0.375. The van der Waals surface area contributed by atoms with Crippen LogP contribution in [0.4, 0.5) is 0 Å². The van der Waals surface area contributed by atoms with Gasteiger partial charge in [0.1, 0.15) is 23.0 Å². The van der Waals surface area contributed by atoms with Gasteiger partial charge in [-0.3, -0.25) is 0 Å². The summed E-state index contributed by atoms with van der Waals surface area (Å²) in [5.74, 6) is -0.795. The normalized spacial score (nSPS) is 10.9. The molecule has 0 aromatic carbocycles. The predicted molar refractivity (Wildman–Crippen MR) is 92.7 cm³/mol. The standard InChI is InChI=1S/C16H18N2O4S2/c1-3-13-17-9-11(23-13)15(19)21-7-5-6-8-22-16(20)12-10-18-14(4-2)24-12/h5-6,9-10H,3-4,7-8H2,1-2H3. The zero-order valence-corrected chi connectivity index (χ0v) is 15.1. The van der Waals surface area contributed by atoms with Crippen LogP contribution >= 0.6 is 22.7 Å². The monoisotopic (exact) mass is 366 g/mol. The number of aromatic nitrogens is 2. The quantitative estimate of drug-likeness (QED) is 0.527. The van der Waals surface area contributed by atoms with Crippen molar-refractivity contribution in [2.24, 2.45) is 0 Å². The van der Waals surface area contributed by atoms with Crippen LogP contribution in [-0.2, 0) is 22.3 Å². The van der Waals surface area contributed by atoms with E-state index >= 15 is 0 Å². The van der Waals surface area contributed by atoms with Crippen LogP contribution in [0.5, 0.6) is 0 Å². The van der Waals surface area contributed by atoms with Gasteiger partial charge in [-0.2, -0.15) is 0 Å². The molecule has 128 valence electrons. The van der Waals surface area contributed by atoms with Crippen LogP contribution in [0.3, 0.4) is 0 Å². The number of thiazole rings is 2. The highest BCUT2D eigenvalue weighted by atomic mass is 32.1. The van der Waals surface area contributed by atoms with Crippen molar-refractivity contribution in [3.8, 4) is 0 Å². The number of esters is 2. The first-order valence-corrected chi connectivity index (χ1v) is 9.16. The lowest BCUT2D eigenvalue weighted by Gasteiger charge is -1.99. The van der Waals surface area contributed by atoms with Crippen molar-refractivity contribution < 1.29 is 19.1 Å². The van der Waals surface area contributed by atoms with Gasteiger partial charge >= 0.3 is 11.9 Å². The van der Waals surface area contributed by atoms with E-state index in [0.29, 0.717) is 9.75 Å². The maximum Gasteiger partial charge on any atom is 0.350 e. The molecule has 0 N–H and O–H groups in total. The second kappa shape index (κ2) is 9.29. The first-order valence-electron chi connectivity index (χ1n) is 7.52. The number of rotatable bonds is 8. The number of carbonyl (C=O) groups is 2. The fourth-order valence-electron chi connectivity index (χ4n) is 1.66. The van der Waals surface area contributed by atoms with Crippen LogP contribution in [0, 0.1) is 0 Å². The van der Waals surface area contributed by atoms with Crippen LogP contribution in [0.15, 0.2) is 24.5 Å². The number of nitrogens with zero attached hydrogens (tertiary/aromatic N) is 2. The Morgan fingerprint density at radius 3 is 1.67 bits per heavy atom. The summed E-state index contributed by atoms with van der Waals surface area (Å²) in [5.41, 5.74) is 0. The summed E-state index contributed by atoms with van der Waals surface area (Å²) in [6, 6.07) is 0. The second-order valence-electron chi connectivity index (χ2n) is 4.61. The summed E-state index contributed by atoms with van der Waals surface area (Å²) in [5, 5.41) is 1.80. The molecule has 0 atom stereocenters. The van der Waals surface area contributed by atoms with Crippen molar-refractivity contribution in [1.29, 1.82) is 0 Å². The molecule has 2 rings (SSSR count). The highest BCUT2D eigenvalue weighted by Crippen LogP contribution is 2.15. The van der Waals surface area contributed by atoms with Crippen molar-refractivity contribution in [2.45, 2.75) is 26.7 Å². The largest absolute Gasteiger partial charge is 0.457 e. The van der Waals surface area contributed by atoms with E-state index < -0.39 is 11.9 Å². The average Bonchev–Trinajstić information content (AvgIpc) is 3.26. The van der Waals surface area contributed by atoms with E-state index in [2.05, 4.69) is 9.97 Å². The first kappa shape index (κ1) is 18.3. The SMILES string of the molecule is CCc1ncc(C(=O)OCC=CCOC(=O)c2cnc(CC)s2)s1. The Morgan fingerprint density at radius 2 is 1.33 bits per heavy atom. The summed E-state index contributed by atoms with van der Waals surface area (Å²) in [7, 11) is 0. The molecule has 0 unspecified atom stereocenters. The summed E-state index contributed by atoms with van der Waals surface area (Å²) < 4.78 is 10.2.